The van der Waals surface area contributed by atoms with Crippen LogP contribution < -0.4 is 10.6 Å². The number of rotatable bonds is 5. The number of anilines is 2. The molecule has 0 atom stereocenters. The highest BCUT2D eigenvalue weighted by atomic mass is 19.4. The molecule has 2 saturated carbocycles. The molecule has 2 heterocycles. The summed E-state index contributed by atoms with van der Waals surface area (Å²) < 4.78 is 82.9. The first kappa shape index (κ1) is 24.5. The Labute approximate surface area is 192 Å². The largest absolute Gasteiger partial charge is 0.435 e. The molecule has 2 aromatic rings. The second-order valence-electron chi connectivity index (χ2n) is 9.48. The van der Waals surface area contributed by atoms with E-state index in [1.807, 2.05) is 0 Å². The van der Waals surface area contributed by atoms with Crippen LogP contribution in [0.15, 0.2) is 6.20 Å². The lowest BCUT2D eigenvalue weighted by Crippen LogP contribution is -2.34. The first-order valence-electron chi connectivity index (χ1n) is 11.3. The Balaban J connectivity index is 1.63. The van der Waals surface area contributed by atoms with Gasteiger partial charge in [-0.3, -0.25) is 4.68 Å². The van der Waals surface area contributed by atoms with Crippen LogP contribution in [0.4, 0.5) is 38.2 Å². The van der Waals surface area contributed by atoms with Gasteiger partial charge in [0.15, 0.2) is 11.5 Å². The number of alkyl halides is 6. The van der Waals surface area contributed by atoms with Crippen molar-refractivity contribution >= 4 is 11.9 Å². The molecule has 0 aromatic carbocycles. The monoisotopic (exact) mass is 491 g/mol. The van der Waals surface area contributed by atoms with Gasteiger partial charge in [-0.1, -0.05) is 0 Å². The summed E-state index contributed by atoms with van der Waals surface area (Å²) in [7, 11) is 1.36. The number of hydrogen-bond acceptors (Lipinski definition) is 6. The highest BCUT2D eigenvalue weighted by Crippen LogP contribution is 2.37. The van der Waals surface area contributed by atoms with E-state index >= 15 is 0 Å². The quantitative estimate of drug-likeness (QED) is 0.548. The molecule has 0 amide bonds. The summed E-state index contributed by atoms with van der Waals surface area (Å²) in [5.41, 5.74) is -2.71. The minimum absolute atomic E-state index is 0.00849. The summed E-state index contributed by atoms with van der Waals surface area (Å²) in [6.45, 7) is 1.54. The summed E-state index contributed by atoms with van der Waals surface area (Å²) >= 11 is 0. The van der Waals surface area contributed by atoms with Crippen molar-refractivity contribution in [2.75, 3.05) is 10.6 Å². The van der Waals surface area contributed by atoms with Crippen molar-refractivity contribution in [1.82, 2.24) is 24.7 Å². The van der Waals surface area contributed by atoms with Crippen LogP contribution in [0.25, 0.3) is 11.4 Å². The van der Waals surface area contributed by atoms with Crippen LogP contribution in [0.1, 0.15) is 64.0 Å². The van der Waals surface area contributed by atoms with Crippen LogP contribution in [0, 0.1) is 0 Å². The highest BCUT2D eigenvalue weighted by molar-refractivity contribution is 5.61. The number of halogens is 6. The highest BCUT2D eigenvalue weighted by Gasteiger charge is 2.39. The van der Waals surface area contributed by atoms with Crippen molar-refractivity contribution < 1.29 is 26.3 Å². The van der Waals surface area contributed by atoms with Crippen molar-refractivity contribution in [3.63, 3.8) is 0 Å². The topological polar surface area (TPSA) is 80.5 Å². The summed E-state index contributed by atoms with van der Waals surface area (Å²) in [6, 6.07) is -0.503. The molecule has 2 aliphatic carbocycles. The lowest BCUT2D eigenvalue weighted by molar-refractivity contribution is -0.141. The van der Waals surface area contributed by atoms with Crippen molar-refractivity contribution in [2.24, 2.45) is 7.05 Å². The molecule has 7 nitrogen and oxygen atoms in total. The zero-order valence-corrected chi connectivity index (χ0v) is 18.9. The molecule has 0 spiro atoms. The molecule has 2 aromatic heterocycles. The van der Waals surface area contributed by atoms with Gasteiger partial charge in [-0.2, -0.15) is 33.2 Å². The zero-order chi connectivity index (χ0) is 24.7. The molecular formula is C21H27F6N7. The van der Waals surface area contributed by atoms with E-state index in [1.165, 1.54) is 13.2 Å². The summed E-state index contributed by atoms with van der Waals surface area (Å²) in [5.74, 6) is -2.94. The van der Waals surface area contributed by atoms with E-state index in [2.05, 4.69) is 30.7 Å². The predicted molar refractivity (Wildman–Crippen MR) is 113 cm³/mol. The molecule has 0 aliphatic heterocycles. The minimum Gasteiger partial charge on any atom is -0.351 e. The Kier molecular flexibility index (Phi) is 6.40. The first-order chi connectivity index (χ1) is 15.8. The Bertz CT molecular complexity index is 951. The van der Waals surface area contributed by atoms with Gasteiger partial charge >= 0.3 is 6.18 Å². The van der Waals surface area contributed by atoms with Crippen LogP contribution >= 0.6 is 0 Å². The fraction of sp³-hybridized carbons (Fsp3) is 0.714. The summed E-state index contributed by atoms with van der Waals surface area (Å²) in [6.07, 6.45) is -2.10. The normalized spacial score (nSPS) is 25.8. The molecule has 2 fully saturated rings. The lowest BCUT2D eigenvalue weighted by atomic mass is 9.85. The van der Waals surface area contributed by atoms with E-state index in [0.717, 1.165) is 4.68 Å². The van der Waals surface area contributed by atoms with Crippen molar-refractivity contribution in [1.29, 1.82) is 0 Å². The lowest BCUT2D eigenvalue weighted by Gasteiger charge is -2.31. The predicted octanol–water partition coefficient (Wildman–Crippen LogP) is 5.36. The Morgan fingerprint density at radius 2 is 1.38 bits per heavy atom. The van der Waals surface area contributed by atoms with Gasteiger partial charge < -0.3 is 10.6 Å². The Morgan fingerprint density at radius 3 is 1.88 bits per heavy atom. The van der Waals surface area contributed by atoms with Gasteiger partial charge in [0.25, 0.3) is 0 Å². The molecule has 0 radical (unpaired) electrons. The van der Waals surface area contributed by atoms with Crippen molar-refractivity contribution in [2.45, 2.75) is 88.1 Å². The van der Waals surface area contributed by atoms with Crippen LogP contribution in [0.2, 0.25) is 0 Å². The fourth-order valence-corrected chi connectivity index (χ4v) is 4.40. The van der Waals surface area contributed by atoms with E-state index in [4.69, 9.17) is 0 Å². The van der Waals surface area contributed by atoms with E-state index < -0.39 is 23.5 Å². The molecule has 0 saturated heterocycles. The maximum Gasteiger partial charge on any atom is 0.435 e. The van der Waals surface area contributed by atoms with Crippen molar-refractivity contribution in [3.8, 4) is 11.4 Å². The van der Waals surface area contributed by atoms with Gasteiger partial charge in [-0.25, -0.2) is 13.2 Å². The van der Waals surface area contributed by atoms with Crippen LogP contribution in [0.5, 0.6) is 0 Å². The third kappa shape index (κ3) is 5.90. The van der Waals surface area contributed by atoms with Gasteiger partial charge in [0.2, 0.25) is 17.8 Å². The van der Waals surface area contributed by atoms with Gasteiger partial charge in [-0.05, 0) is 45.4 Å². The third-order valence-electron chi connectivity index (χ3n) is 6.39. The van der Waals surface area contributed by atoms with Crippen LogP contribution in [0.3, 0.4) is 0 Å². The number of nitrogens with zero attached hydrogens (tertiary/aromatic N) is 5. The first-order valence-corrected chi connectivity index (χ1v) is 11.3. The smallest absolute Gasteiger partial charge is 0.351 e. The second kappa shape index (κ2) is 8.88. The number of nitrogens with one attached hydrogen (secondary N) is 2. The van der Waals surface area contributed by atoms with Gasteiger partial charge in [0, 0.05) is 38.2 Å². The van der Waals surface area contributed by atoms with Gasteiger partial charge in [-0.15, -0.1) is 0 Å². The standard InChI is InChI=1S/C21H27F6N7/c1-19(22)7-3-12(4-8-19)28-17-30-16(14-11-34(2)33-15(14)21(25,26)27)31-18(32-17)29-13-5-9-20(23,24)10-6-13/h11-13H,3-10H2,1-2H3,(H2,28,29,30,31,32). The molecule has 0 unspecified atom stereocenters. The van der Waals surface area contributed by atoms with Crippen LogP contribution in [-0.4, -0.2) is 48.4 Å². The summed E-state index contributed by atoms with van der Waals surface area (Å²) in [4.78, 5) is 12.6. The Hall–Kier alpha value is -2.60. The van der Waals surface area contributed by atoms with Gasteiger partial charge in [0.1, 0.15) is 5.67 Å². The molecular weight excluding hydrogens is 464 g/mol. The molecule has 13 heteroatoms. The SMILES string of the molecule is Cn1cc(-c2nc(NC3CCC(C)(F)CC3)nc(NC3CCC(F)(F)CC3)n2)c(C(F)(F)F)n1. The zero-order valence-electron chi connectivity index (χ0n) is 18.9. The number of aromatic nitrogens is 5. The minimum atomic E-state index is -4.73. The summed E-state index contributed by atoms with van der Waals surface area (Å²) in [5, 5.41) is 9.57. The van der Waals surface area contributed by atoms with E-state index in [-0.39, 0.29) is 61.1 Å². The average Bonchev–Trinajstić information content (AvgIpc) is 3.14. The molecule has 2 N–H and O–H groups in total. The van der Waals surface area contributed by atoms with E-state index in [9.17, 15) is 26.3 Å². The second-order valence-corrected chi connectivity index (χ2v) is 9.48. The molecule has 2 aliphatic rings. The number of aryl methyl sites for hydroxylation is 1. The van der Waals surface area contributed by atoms with E-state index in [0.29, 0.717) is 25.7 Å². The van der Waals surface area contributed by atoms with Crippen LogP contribution in [-0.2, 0) is 13.2 Å². The maximum absolute atomic E-state index is 14.2. The van der Waals surface area contributed by atoms with Gasteiger partial charge in [0.05, 0.1) is 5.56 Å². The molecule has 188 valence electrons. The molecule has 34 heavy (non-hydrogen) atoms. The fourth-order valence-electron chi connectivity index (χ4n) is 4.40. The molecule has 4 rings (SSSR count). The average molecular weight is 491 g/mol. The molecule has 0 bridgehead atoms. The maximum atomic E-state index is 14.2. The van der Waals surface area contributed by atoms with Crippen molar-refractivity contribution in [3.05, 3.63) is 11.9 Å². The third-order valence-corrected chi connectivity index (χ3v) is 6.39. The Morgan fingerprint density at radius 1 is 0.882 bits per heavy atom. The number of hydrogen-bond donors (Lipinski definition) is 2. The van der Waals surface area contributed by atoms with E-state index in [1.54, 1.807) is 6.92 Å².